The zero-order valence-electron chi connectivity index (χ0n) is 14.9. The van der Waals surface area contributed by atoms with E-state index in [4.69, 9.17) is 4.42 Å². The fourth-order valence-electron chi connectivity index (χ4n) is 2.94. The highest BCUT2D eigenvalue weighted by molar-refractivity contribution is 6.03. The van der Waals surface area contributed by atoms with Crippen molar-refractivity contribution in [2.45, 2.75) is 26.7 Å². The van der Waals surface area contributed by atoms with Crippen molar-refractivity contribution >= 4 is 28.6 Å². The molecule has 3 aromatic rings. The molecule has 0 aliphatic heterocycles. The quantitative estimate of drug-likeness (QED) is 0.688. The lowest BCUT2D eigenvalue weighted by Gasteiger charge is -2.13. The zero-order valence-corrected chi connectivity index (χ0v) is 14.9. The van der Waals surface area contributed by atoms with Crippen molar-refractivity contribution in [1.29, 1.82) is 0 Å². The summed E-state index contributed by atoms with van der Waals surface area (Å²) >= 11 is 0. The third-order valence-electron chi connectivity index (χ3n) is 4.37. The third kappa shape index (κ3) is 3.59. The smallest absolute Gasteiger partial charge is 0.248 e. The molecule has 26 heavy (non-hydrogen) atoms. The Morgan fingerprint density at radius 2 is 1.73 bits per heavy atom. The molecule has 1 aromatic heterocycles. The number of hydrogen-bond acceptors (Lipinski definition) is 3. The molecule has 0 atom stereocenters. The Bertz CT molecular complexity index is 1010. The predicted molar refractivity (Wildman–Crippen MR) is 105 cm³/mol. The summed E-state index contributed by atoms with van der Waals surface area (Å²) in [6, 6.07) is 13.1. The Morgan fingerprint density at radius 3 is 2.42 bits per heavy atom. The van der Waals surface area contributed by atoms with Crippen molar-refractivity contribution in [1.82, 2.24) is 0 Å². The fourth-order valence-corrected chi connectivity index (χ4v) is 2.94. The van der Waals surface area contributed by atoms with E-state index in [2.05, 4.69) is 19.2 Å². The first kappa shape index (κ1) is 17.7. The number of fused-ring (bicyclic) bond motifs is 1. The molecule has 0 saturated carbocycles. The first-order chi connectivity index (χ1) is 12.6. The van der Waals surface area contributed by atoms with Gasteiger partial charge in [0.15, 0.2) is 5.43 Å². The Balaban J connectivity index is 1.85. The SMILES string of the molecule is CCc1cccc(CC)c1NC(=O)/C=C/c1coc2ccccc2c1=O. The van der Waals surface area contributed by atoms with Crippen molar-refractivity contribution in [3.8, 4) is 0 Å². The number of anilines is 1. The molecule has 132 valence electrons. The van der Waals surface area contributed by atoms with Crippen molar-refractivity contribution in [2.75, 3.05) is 5.32 Å². The van der Waals surface area contributed by atoms with Crippen LogP contribution in [-0.2, 0) is 17.6 Å². The van der Waals surface area contributed by atoms with Gasteiger partial charge < -0.3 is 9.73 Å². The van der Waals surface area contributed by atoms with Gasteiger partial charge in [0.1, 0.15) is 11.8 Å². The largest absolute Gasteiger partial charge is 0.463 e. The number of nitrogens with one attached hydrogen (secondary N) is 1. The summed E-state index contributed by atoms with van der Waals surface area (Å²) in [5, 5.41) is 3.45. The molecular formula is C22H21NO3. The van der Waals surface area contributed by atoms with Crippen LogP contribution in [0.1, 0.15) is 30.5 Å². The molecule has 0 unspecified atom stereocenters. The molecule has 0 aliphatic carbocycles. The number of carbonyl (C=O) groups excluding carboxylic acids is 1. The first-order valence-electron chi connectivity index (χ1n) is 8.74. The molecule has 0 fully saturated rings. The molecule has 1 heterocycles. The van der Waals surface area contributed by atoms with Gasteiger partial charge in [-0.1, -0.05) is 44.2 Å². The van der Waals surface area contributed by atoms with E-state index < -0.39 is 0 Å². The summed E-state index contributed by atoms with van der Waals surface area (Å²) in [7, 11) is 0. The van der Waals surface area contributed by atoms with Crippen LogP contribution in [0.3, 0.4) is 0 Å². The van der Waals surface area contributed by atoms with Crippen molar-refractivity contribution < 1.29 is 9.21 Å². The number of benzene rings is 2. The van der Waals surface area contributed by atoms with Crippen LogP contribution in [0.4, 0.5) is 5.69 Å². The lowest BCUT2D eigenvalue weighted by Crippen LogP contribution is -2.12. The Kier molecular flexibility index (Phi) is 5.32. The number of para-hydroxylation sites is 2. The summed E-state index contributed by atoms with van der Waals surface area (Å²) in [5.41, 5.74) is 3.77. The van der Waals surface area contributed by atoms with Gasteiger partial charge in [-0.3, -0.25) is 9.59 Å². The van der Waals surface area contributed by atoms with Crippen molar-refractivity contribution in [3.63, 3.8) is 0 Å². The highest BCUT2D eigenvalue weighted by atomic mass is 16.3. The van der Waals surface area contributed by atoms with Gasteiger partial charge in [-0.25, -0.2) is 0 Å². The maximum absolute atomic E-state index is 12.5. The number of hydrogen-bond donors (Lipinski definition) is 1. The molecule has 1 amide bonds. The minimum Gasteiger partial charge on any atom is -0.463 e. The van der Waals surface area contributed by atoms with Crippen molar-refractivity contribution in [3.05, 3.63) is 81.7 Å². The van der Waals surface area contributed by atoms with Crippen LogP contribution in [0.5, 0.6) is 0 Å². The predicted octanol–water partition coefficient (Wildman–Crippen LogP) is 4.57. The number of amides is 1. The Morgan fingerprint density at radius 1 is 1.04 bits per heavy atom. The van der Waals surface area contributed by atoms with E-state index in [9.17, 15) is 9.59 Å². The Hall–Kier alpha value is -3.14. The van der Waals surface area contributed by atoms with Crippen LogP contribution in [0.25, 0.3) is 17.0 Å². The van der Waals surface area contributed by atoms with Gasteiger partial charge in [0.2, 0.25) is 5.91 Å². The van der Waals surface area contributed by atoms with Crippen LogP contribution in [0, 0.1) is 0 Å². The van der Waals surface area contributed by atoms with Gasteiger partial charge in [0.05, 0.1) is 10.9 Å². The lowest BCUT2D eigenvalue weighted by atomic mass is 10.0. The highest BCUT2D eigenvalue weighted by Gasteiger charge is 2.09. The third-order valence-corrected chi connectivity index (χ3v) is 4.37. The monoisotopic (exact) mass is 347 g/mol. The average Bonchev–Trinajstić information content (AvgIpc) is 2.68. The normalized spacial score (nSPS) is 11.2. The molecule has 0 aliphatic rings. The summed E-state index contributed by atoms with van der Waals surface area (Å²) in [6.07, 6.45) is 5.91. The number of rotatable bonds is 5. The van der Waals surface area contributed by atoms with E-state index in [0.29, 0.717) is 16.5 Å². The van der Waals surface area contributed by atoms with Crippen LogP contribution in [0.2, 0.25) is 0 Å². The minimum absolute atomic E-state index is 0.154. The second kappa shape index (κ2) is 7.83. The van der Waals surface area contributed by atoms with E-state index in [1.165, 1.54) is 18.4 Å². The molecule has 0 radical (unpaired) electrons. The summed E-state index contributed by atoms with van der Waals surface area (Å²) in [5.74, 6) is -0.270. The van der Waals surface area contributed by atoms with Gasteiger partial charge in [-0.05, 0) is 42.2 Å². The van der Waals surface area contributed by atoms with E-state index in [1.54, 1.807) is 18.2 Å². The van der Waals surface area contributed by atoms with Crippen LogP contribution >= 0.6 is 0 Å². The lowest BCUT2D eigenvalue weighted by molar-refractivity contribution is -0.111. The van der Waals surface area contributed by atoms with Gasteiger partial charge >= 0.3 is 0 Å². The maximum Gasteiger partial charge on any atom is 0.248 e. The molecule has 1 N–H and O–H groups in total. The molecule has 4 nitrogen and oxygen atoms in total. The second-order valence-corrected chi connectivity index (χ2v) is 6.00. The summed E-state index contributed by atoms with van der Waals surface area (Å²) < 4.78 is 5.46. The average molecular weight is 347 g/mol. The van der Waals surface area contributed by atoms with E-state index in [-0.39, 0.29) is 11.3 Å². The van der Waals surface area contributed by atoms with Gasteiger partial charge in [-0.2, -0.15) is 0 Å². The van der Waals surface area contributed by atoms with Gasteiger partial charge in [0.25, 0.3) is 0 Å². The topological polar surface area (TPSA) is 59.3 Å². The molecule has 3 rings (SSSR count). The molecule has 0 spiro atoms. The zero-order chi connectivity index (χ0) is 18.5. The van der Waals surface area contributed by atoms with Crippen LogP contribution in [-0.4, -0.2) is 5.91 Å². The van der Waals surface area contributed by atoms with Crippen molar-refractivity contribution in [2.24, 2.45) is 0 Å². The molecule has 2 aromatic carbocycles. The highest BCUT2D eigenvalue weighted by Crippen LogP contribution is 2.22. The molecule has 4 heteroatoms. The number of aryl methyl sites for hydroxylation is 2. The maximum atomic E-state index is 12.5. The molecular weight excluding hydrogens is 326 g/mol. The standard InChI is InChI=1S/C22H21NO3/c1-3-15-8-7-9-16(4-2)21(15)23-20(24)13-12-17-14-26-19-11-6-5-10-18(19)22(17)25/h5-14H,3-4H2,1-2H3,(H,23,24)/b13-12+. The Labute approximate surface area is 152 Å². The summed E-state index contributed by atoms with van der Waals surface area (Å²) in [4.78, 5) is 24.8. The van der Waals surface area contributed by atoms with E-state index in [0.717, 1.165) is 29.7 Å². The fraction of sp³-hybridized carbons (Fsp3) is 0.182. The first-order valence-corrected chi connectivity index (χ1v) is 8.74. The van der Waals surface area contributed by atoms with Crippen LogP contribution in [0.15, 0.2) is 64.0 Å². The van der Waals surface area contributed by atoms with E-state index >= 15 is 0 Å². The minimum atomic E-state index is -0.270. The van der Waals surface area contributed by atoms with Gasteiger partial charge in [0, 0.05) is 11.8 Å². The summed E-state index contributed by atoms with van der Waals surface area (Å²) in [6.45, 7) is 4.11. The molecule has 0 bridgehead atoms. The molecule has 0 saturated heterocycles. The second-order valence-electron chi connectivity index (χ2n) is 6.00. The number of carbonyl (C=O) groups is 1. The van der Waals surface area contributed by atoms with Crippen LogP contribution < -0.4 is 10.7 Å². The van der Waals surface area contributed by atoms with E-state index in [1.807, 2.05) is 24.3 Å². The van der Waals surface area contributed by atoms with Gasteiger partial charge in [-0.15, -0.1) is 0 Å².